The molecule has 0 aromatic heterocycles. The molecule has 0 bridgehead atoms. The summed E-state index contributed by atoms with van der Waals surface area (Å²) in [5.41, 5.74) is 0.322. The molecule has 0 heterocycles. The van der Waals surface area contributed by atoms with Crippen molar-refractivity contribution in [3.8, 4) is 0 Å². The van der Waals surface area contributed by atoms with Crippen molar-refractivity contribution in [3.63, 3.8) is 0 Å². The van der Waals surface area contributed by atoms with Gasteiger partial charge in [-0.3, -0.25) is 0 Å². The highest BCUT2D eigenvalue weighted by molar-refractivity contribution is 5.82. The molecule has 0 aliphatic rings. The Morgan fingerprint density at radius 1 is 0.615 bits per heavy atom. The van der Waals surface area contributed by atoms with Crippen LogP contribution in [0.25, 0.3) is 0 Å². The van der Waals surface area contributed by atoms with Crippen molar-refractivity contribution in [1.29, 1.82) is 0 Å². The molecule has 5 heteroatoms. The number of hydrogen-bond donors (Lipinski definition) is 1. The topological polar surface area (TPSA) is 65.0 Å². The summed E-state index contributed by atoms with van der Waals surface area (Å²) >= 11 is 0. The average molecular weight is 719 g/mol. The third kappa shape index (κ3) is 22.4. The van der Waals surface area contributed by atoms with Crippen molar-refractivity contribution in [2.45, 2.75) is 180 Å². The first-order chi connectivity index (χ1) is 25.4. The Hall–Kier alpha value is -2.73. The number of ether oxygens (including phenoxy) is 3. The Morgan fingerprint density at radius 2 is 1.06 bits per heavy atom. The normalized spacial score (nSPS) is 13.9. The molecule has 0 saturated heterocycles. The van der Waals surface area contributed by atoms with Crippen LogP contribution in [0.4, 0.5) is 0 Å². The summed E-state index contributed by atoms with van der Waals surface area (Å²) in [5.74, 6) is -0.406. The summed E-state index contributed by atoms with van der Waals surface area (Å²) in [6.07, 6.45) is 29.3. The van der Waals surface area contributed by atoms with E-state index < -0.39 is 17.2 Å². The minimum Gasteiger partial charge on any atom is -0.453 e. The summed E-state index contributed by atoms with van der Waals surface area (Å²) in [7, 11) is 0. The molecule has 0 spiro atoms. The summed E-state index contributed by atoms with van der Waals surface area (Å²) in [4.78, 5) is 13.4. The highest BCUT2D eigenvalue weighted by Gasteiger charge is 2.33. The van der Waals surface area contributed by atoms with Gasteiger partial charge in [0.15, 0.2) is 0 Å². The van der Waals surface area contributed by atoms with Crippen molar-refractivity contribution in [1.82, 2.24) is 0 Å². The van der Waals surface area contributed by atoms with E-state index in [4.69, 9.17) is 14.2 Å². The summed E-state index contributed by atoms with van der Waals surface area (Å²) in [5, 5.41) is 11.7. The molecular weight excluding hydrogens is 645 g/mol. The molecule has 1 N–H and O–H groups in total. The van der Waals surface area contributed by atoms with E-state index in [1.165, 1.54) is 96.0 Å². The second kappa shape index (κ2) is 29.7. The monoisotopic (exact) mass is 719 g/mol. The Morgan fingerprint density at radius 3 is 1.54 bits per heavy atom. The van der Waals surface area contributed by atoms with Gasteiger partial charge >= 0.3 is 5.97 Å². The first kappa shape index (κ1) is 45.4. The number of unbranched alkanes of at least 4 members (excludes halogenated alkanes) is 16. The molecule has 0 unspecified atom stereocenters. The van der Waals surface area contributed by atoms with E-state index in [1.807, 2.05) is 66.7 Å². The average Bonchev–Trinajstić information content (AvgIpc) is 3.14. The van der Waals surface area contributed by atoms with Gasteiger partial charge < -0.3 is 19.3 Å². The molecule has 0 aliphatic heterocycles. The van der Waals surface area contributed by atoms with Gasteiger partial charge in [-0.1, -0.05) is 196 Å². The van der Waals surface area contributed by atoms with Crippen molar-refractivity contribution in [3.05, 3.63) is 96.6 Å². The largest absolute Gasteiger partial charge is 0.453 e. The van der Waals surface area contributed by atoms with Gasteiger partial charge in [-0.05, 0) is 36.8 Å². The Balaban J connectivity index is 1.99. The first-order valence-corrected chi connectivity index (χ1v) is 20.9. The Bertz CT molecular complexity index is 1160. The van der Waals surface area contributed by atoms with Crippen molar-refractivity contribution in [2.24, 2.45) is 0 Å². The predicted octanol–water partition coefficient (Wildman–Crippen LogP) is 12.8. The van der Waals surface area contributed by atoms with Gasteiger partial charge in [0.25, 0.3) is 0 Å². The number of hydrogen-bond acceptors (Lipinski definition) is 5. The zero-order valence-electron chi connectivity index (χ0n) is 33.2. The molecule has 0 fully saturated rings. The molecule has 2 aromatic carbocycles. The number of carbonyl (C=O) groups is 1. The molecule has 2 rings (SSSR count). The lowest BCUT2D eigenvalue weighted by Gasteiger charge is -2.32. The van der Waals surface area contributed by atoms with E-state index in [0.29, 0.717) is 39.1 Å². The second-order valence-electron chi connectivity index (χ2n) is 15.0. The number of aliphatic hydroxyl groups is 1. The maximum absolute atomic E-state index is 13.4. The summed E-state index contributed by atoms with van der Waals surface area (Å²) in [6, 6.07) is 20.1. The van der Waals surface area contributed by atoms with Crippen LogP contribution < -0.4 is 0 Å². The van der Waals surface area contributed by atoms with Crippen LogP contribution in [0.2, 0.25) is 0 Å². The van der Waals surface area contributed by atoms with Gasteiger partial charge in [0.1, 0.15) is 5.60 Å². The molecule has 52 heavy (non-hydrogen) atoms. The lowest BCUT2D eigenvalue weighted by Crippen LogP contribution is -2.39. The van der Waals surface area contributed by atoms with Crippen LogP contribution in [0, 0.1) is 0 Å². The summed E-state index contributed by atoms with van der Waals surface area (Å²) in [6.45, 7) is 9.93. The van der Waals surface area contributed by atoms with Crippen LogP contribution in [-0.2, 0) is 32.2 Å². The fourth-order valence-corrected chi connectivity index (χ4v) is 6.86. The van der Waals surface area contributed by atoms with Gasteiger partial charge in [-0.2, -0.15) is 0 Å². The number of rotatable bonds is 34. The molecule has 0 aliphatic carbocycles. The molecular formula is C47H74O5. The van der Waals surface area contributed by atoms with Crippen molar-refractivity contribution in [2.75, 3.05) is 13.2 Å². The maximum Gasteiger partial charge on any atom is 0.331 e. The number of benzene rings is 2. The van der Waals surface area contributed by atoms with Crippen LogP contribution in [0.5, 0.6) is 0 Å². The third-order valence-corrected chi connectivity index (χ3v) is 10.0. The second-order valence-corrected chi connectivity index (χ2v) is 15.0. The molecule has 0 saturated carbocycles. The van der Waals surface area contributed by atoms with Crippen LogP contribution in [0.1, 0.15) is 166 Å². The van der Waals surface area contributed by atoms with E-state index in [-0.39, 0.29) is 6.61 Å². The van der Waals surface area contributed by atoms with E-state index in [9.17, 15) is 9.90 Å². The minimum atomic E-state index is -1.06. The van der Waals surface area contributed by atoms with Gasteiger partial charge in [0.2, 0.25) is 0 Å². The van der Waals surface area contributed by atoms with Gasteiger partial charge in [-0.25, -0.2) is 4.79 Å². The van der Waals surface area contributed by atoms with Gasteiger partial charge in [0, 0.05) is 12.5 Å². The van der Waals surface area contributed by atoms with E-state index >= 15 is 0 Å². The number of esters is 1. The minimum absolute atomic E-state index is 0.213. The molecule has 0 radical (unpaired) electrons. The highest BCUT2D eigenvalue weighted by atomic mass is 16.6. The number of carbonyl (C=O) groups excluding carboxylic acids is 1. The zero-order valence-corrected chi connectivity index (χ0v) is 33.2. The van der Waals surface area contributed by atoms with E-state index in [0.717, 1.165) is 43.2 Å². The van der Waals surface area contributed by atoms with Crippen molar-refractivity contribution < 1.29 is 24.1 Å². The van der Waals surface area contributed by atoms with Crippen LogP contribution in [-0.4, -0.2) is 35.5 Å². The zero-order chi connectivity index (χ0) is 37.4. The standard InChI is InChI=1S/C47H74O5/c1-4-7-9-11-13-15-17-19-27-36-46(49,41-50-39-43-30-23-21-24-31-43)37-29-34-45(48)52-47(35-6-3,42-51-40-44-32-25-22-26-33-44)38-28-20-18-16-14-12-10-8-5-2/h6,21-26,29-34,49H,3-5,7-20,27-28,35-42H2,1-2H3/b34-29+/t46-,47-/m0/s1. The Kier molecular flexibility index (Phi) is 25.9. The predicted molar refractivity (Wildman–Crippen MR) is 218 cm³/mol. The molecule has 292 valence electrons. The fraction of sp³-hybridized carbons (Fsp3) is 0.638. The van der Waals surface area contributed by atoms with Crippen LogP contribution in [0.15, 0.2) is 85.5 Å². The third-order valence-electron chi connectivity index (χ3n) is 10.0. The van der Waals surface area contributed by atoms with Crippen LogP contribution >= 0.6 is 0 Å². The maximum atomic E-state index is 13.4. The van der Waals surface area contributed by atoms with Crippen molar-refractivity contribution >= 4 is 5.97 Å². The smallest absolute Gasteiger partial charge is 0.331 e. The fourth-order valence-electron chi connectivity index (χ4n) is 6.86. The van der Waals surface area contributed by atoms with Gasteiger partial charge in [0.05, 0.1) is 32.0 Å². The molecule has 0 amide bonds. The van der Waals surface area contributed by atoms with Gasteiger partial charge in [-0.15, -0.1) is 6.58 Å². The van der Waals surface area contributed by atoms with E-state index in [2.05, 4.69) is 20.4 Å². The summed E-state index contributed by atoms with van der Waals surface area (Å²) < 4.78 is 18.5. The van der Waals surface area contributed by atoms with E-state index in [1.54, 1.807) is 6.08 Å². The quantitative estimate of drug-likeness (QED) is 0.0338. The lowest BCUT2D eigenvalue weighted by molar-refractivity contribution is -0.162. The highest BCUT2D eigenvalue weighted by Crippen LogP contribution is 2.28. The lowest BCUT2D eigenvalue weighted by atomic mass is 9.92. The molecule has 5 nitrogen and oxygen atoms in total. The Labute approximate surface area is 318 Å². The first-order valence-electron chi connectivity index (χ1n) is 20.9. The molecule has 2 aromatic rings. The SMILES string of the molecule is C=CC[C@](CCCCCCCCCCC)(COCc1ccccc1)OC(=O)/C=C/C[C@@](O)(CCCCCCCCCCC)COCc1ccccc1. The molecule has 2 atom stereocenters. The van der Waals surface area contributed by atoms with Crippen LogP contribution in [0.3, 0.4) is 0 Å².